The van der Waals surface area contributed by atoms with Crippen molar-refractivity contribution in [3.63, 3.8) is 0 Å². The summed E-state index contributed by atoms with van der Waals surface area (Å²) in [5, 5.41) is 6.02. The summed E-state index contributed by atoms with van der Waals surface area (Å²) < 4.78 is 10.5. The van der Waals surface area contributed by atoms with Gasteiger partial charge in [-0.3, -0.25) is 4.79 Å². The van der Waals surface area contributed by atoms with Crippen LogP contribution in [0, 0.1) is 6.92 Å². The number of nitrogens with one attached hydrogen (secondary N) is 2. The van der Waals surface area contributed by atoms with E-state index in [1.807, 2.05) is 37.3 Å². The third-order valence-corrected chi connectivity index (χ3v) is 3.77. The number of fused-ring (bicyclic) bond motifs is 1. The predicted molar refractivity (Wildman–Crippen MR) is 91.0 cm³/mol. The second-order valence-electron chi connectivity index (χ2n) is 5.26. The molecule has 5 nitrogen and oxygen atoms in total. The van der Waals surface area contributed by atoms with E-state index in [-0.39, 0.29) is 5.91 Å². The molecule has 1 aliphatic heterocycles. The molecule has 0 aromatic heterocycles. The van der Waals surface area contributed by atoms with Crippen LogP contribution >= 0.6 is 0 Å². The van der Waals surface area contributed by atoms with Crippen molar-refractivity contribution in [2.24, 2.45) is 0 Å². The fourth-order valence-corrected chi connectivity index (χ4v) is 2.62. The molecule has 0 saturated heterocycles. The Hall–Kier alpha value is -2.95. The van der Waals surface area contributed by atoms with Gasteiger partial charge in [-0.25, -0.2) is 0 Å². The second kappa shape index (κ2) is 6.04. The number of anilines is 2. The summed E-state index contributed by atoms with van der Waals surface area (Å²) in [6.07, 6.45) is 1.71. The van der Waals surface area contributed by atoms with Crippen LogP contribution < -0.4 is 20.1 Å². The largest absolute Gasteiger partial charge is 0.497 e. The molecule has 0 unspecified atom stereocenters. The molecular formula is C18H18N2O3. The summed E-state index contributed by atoms with van der Waals surface area (Å²) in [6, 6.07) is 11.3. The number of hydrogen-bond donors (Lipinski definition) is 2. The van der Waals surface area contributed by atoms with Crippen molar-refractivity contribution < 1.29 is 14.3 Å². The summed E-state index contributed by atoms with van der Waals surface area (Å²) in [7, 11) is 3.20. The molecule has 0 atom stereocenters. The normalized spacial score (nSPS) is 14.4. The average Bonchev–Trinajstić information content (AvgIpc) is 2.89. The van der Waals surface area contributed by atoms with E-state index in [0.29, 0.717) is 17.1 Å². The van der Waals surface area contributed by atoms with Crippen molar-refractivity contribution >= 4 is 22.9 Å². The van der Waals surface area contributed by atoms with E-state index < -0.39 is 0 Å². The first kappa shape index (κ1) is 15.0. The Bertz CT molecular complexity index is 775. The Morgan fingerprint density at radius 2 is 1.78 bits per heavy atom. The Kier molecular flexibility index (Phi) is 3.93. The molecule has 23 heavy (non-hydrogen) atoms. The molecule has 1 heterocycles. The fraction of sp³-hybridized carbons (Fsp3) is 0.167. The Labute approximate surface area is 134 Å². The molecule has 0 fully saturated rings. The van der Waals surface area contributed by atoms with Gasteiger partial charge in [0, 0.05) is 41.3 Å². The molecular weight excluding hydrogens is 292 g/mol. The van der Waals surface area contributed by atoms with Gasteiger partial charge in [-0.1, -0.05) is 12.1 Å². The molecule has 3 rings (SSSR count). The molecule has 118 valence electrons. The minimum Gasteiger partial charge on any atom is -0.497 e. The van der Waals surface area contributed by atoms with Crippen LogP contribution in [0.4, 0.5) is 11.4 Å². The topological polar surface area (TPSA) is 59.6 Å². The SMILES string of the molecule is COc1cc(NC=C2C(=O)Nc3cccc(C)c32)cc(OC)c1. The molecule has 0 saturated carbocycles. The summed E-state index contributed by atoms with van der Waals surface area (Å²) in [5.74, 6) is 1.24. The molecule has 2 aromatic rings. The lowest BCUT2D eigenvalue weighted by atomic mass is 10.0. The first-order valence-corrected chi connectivity index (χ1v) is 7.23. The van der Waals surface area contributed by atoms with Crippen LogP contribution in [-0.4, -0.2) is 20.1 Å². The highest BCUT2D eigenvalue weighted by molar-refractivity contribution is 6.32. The van der Waals surface area contributed by atoms with Gasteiger partial charge in [-0.15, -0.1) is 0 Å². The molecule has 0 spiro atoms. The van der Waals surface area contributed by atoms with Gasteiger partial charge >= 0.3 is 0 Å². The highest BCUT2D eigenvalue weighted by Gasteiger charge is 2.25. The molecule has 0 aliphatic carbocycles. The van der Waals surface area contributed by atoms with Crippen molar-refractivity contribution in [3.8, 4) is 11.5 Å². The van der Waals surface area contributed by atoms with Crippen molar-refractivity contribution in [3.05, 3.63) is 53.7 Å². The standard InChI is InChI=1S/C18H18N2O3/c1-11-5-4-6-16-17(11)15(18(21)20-16)10-19-12-7-13(22-2)9-14(8-12)23-3/h4-10,19H,1-3H3,(H,20,21). The molecule has 5 heteroatoms. The second-order valence-corrected chi connectivity index (χ2v) is 5.26. The van der Waals surface area contributed by atoms with Gasteiger partial charge in [-0.05, 0) is 18.6 Å². The summed E-state index contributed by atoms with van der Waals surface area (Å²) in [4.78, 5) is 12.2. The van der Waals surface area contributed by atoms with Crippen LogP contribution in [0.1, 0.15) is 11.1 Å². The van der Waals surface area contributed by atoms with Crippen LogP contribution in [0.15, 0.2) is 42.6 Å². The number of rotatable bonds is 4. The molecule has 2 N–H and O–H groups in total. The first-order chi connectivity index (χ1) is 11.1. The van der Waals surface area contributed by atoms with Crippen LogP contribution in [0.3, 0.4) is 0 Å². The molecule has 2 aromatic carbocycles. The predicted octanol–water partition coefficient (Wildman–Crippen LogP) is 3.42. The maximum Gasteiger partial charge on any atom is 0.257 e. The highest BCUT2D eigenvalue weighted by Crippen LogP contribution is 2.34. The van der Waals surface area contributed by atoms with Crippen LogP contribution in [-0.2, 0) is 4.79 Å². The quantitative estimate of drug-likeness (QED) is 0.850. The van der Waals surface area contributed by atoms with Gasteiger partial charge in [0.05, 0.1) is 19.8 Å². The minimum atomic E-state index is -0.114. The Morgan fingerprint density at radius 1 is 1.09 bits per heavy atom. The zero-order valence-corrected chi connectivity index (χ0v) is 13.3. The maximum atomic E-state index is 12.2. The monoisotopic (exact) mass is 310 g/mol. The van der Waals surface area contributed by atoms with Crippen LogP contribution in [0.2, 0.25) is 0 Å². The molecule has 0 radical (unpaired) electrons. The number of amides is 1. The van der Waals surface area contributed by atoms with Gasteiger partial charge < -0.3 is 20.1 Å². The Balaban J connectivity index is 1.94. The molecule has 1 amide bonds. The lowest BCUT2D eigenvalue weighted by Crippen LogP contribution is -2.05. The zero-order valence-electron chi connectivity index (χ0n) is 13.3. The van der Waals surface area contributed by atoms with E-state index in [9.17, 15) is 4.79 Å². The summed E-state index contributed by atoms with van der Waals surface area (Å²) in [5.41, 5.74) is 4.21. The summed E-state index contributed by atoms with van der Waals surface area (Å²) in [6.45, 7) is 1.99. The van der Waals surface area contributed by atoms with Crippen molar-refractivity contribution in [1.29, 1.82) is 0 Å². The van der Waals surface area contributed by atoms with E-state index in [1.165, 1.54) is 0 Å². The summed E-state index contributed by atoms with van der Waals surface area (Å²) >= 11 is 0. The Morgan fingerprint density at radius 3 is 2.43 bits per heavy atom. The zero-order chi connectivity index (χ0) is 16.4. The number of carbonyl (C=O) groups is 1. The van der Waals surface area contributed by atoms with Crippen LogP contribution in [0.5, 0.6) is 11.5 Å². The average molecular weight is 310 g/mol. The van der Waals surface area contributed by atoms with E-state index in [4.69, 9.17) is 9.47 Å². The van der Waals surface area contributed by atoms with E-state index in [0.717, 1.165) is 22.5 Å². The van der Waals surface area contributed by atoms with E-state index in [1.54, 1.807) is 26.5 Å². The fourth-order valence-electron chi connectivity index (χ4n) is 2.62. The number of aryl methyl sites for hydroxylation is 1. The van der Waals surface area contributed by atoms with E-state index >= 15 is 0 Å². The van der Waals surface area contributed by atoms with Crippen molar-refractivity contribution in [1.82, 2.24) is 0 Å². The third kappa shape index (κ3) is 2.85. The first-order valence-electron chi connectivity index (χ1n) is 7.23. The number of benzene rings is 2. The number of methoxy groups -OCH3 is 2. The molecule has 0 bridgehead atoms. The highest BCUT2D eigenvalue weighted by atomic mass is 16.5. The van der Waals surface area contributed by atoms with Gasteiger partial charge in [0.1, 0.15) is 11.5 Å². The lowest BCUT2D eigenvalue weighted by Gasteiger charge is -2.09. The van der Waals surface area contributed by atoms with Gasteiger partial charge in [-0.2, -0.15) is 0 Å². The number of carbonyl (C=O) groups excluding carboxylic acids is 1. The van der Waals surface area contributed by atoms with Crippen molar-refractivity contribution in [2.45, 2.75) is 6.92 Å². The van der Waals surface area contributed by atoms with Crippen molar-refractivity contribution in [2.75, 3.05) is 24.9 Å². The third-order valence-electron chi connectivity index (χ3n) is 3.77. The number of hydrogen-bond acceptors (Lipinski definition) is 4. The van der Waals surface area contributed by atoms with Gasteiger partial charge in [0.25, 0.3) is 5.91 Å². The lowest BCUT2D eigenvalue weighted by molar-refractivity contribution is -0.110. The minimum absolute atomic E-state index is 0.114. The van der Waals surface area contributed by atoms with Gasteiger partial charge in [0.2, 0.25) is 0 Å². The maximum absolute atomic E-state index is 12.2. The van der Waals surface area contributed by atoms with Gasteiger partial charge in [0.15, 0.2) is 0 Å². The molecule has 1 aliphatic rings. The van der Waals surface area contributed by atoms with E-state index in [2.05, 4.69) is 10.6 Å². The van der Waals surface area contributed by atoms with Crippen LogP contribution in [0.25, 0.3) is 5.57 Å². The smallest absolute Gasteiger partial charge is 0.257 e. The number of ether oxygens (including phenoxy) is 2.